The summed E-state index contributed by atoms with van der Waals surface area (Å²) in [7, 11) is 0. The lowest BCUT2D eigenvalue weighted by Gasteiger charge is -2.06. The van der Waals surface area contributed by atoms with Crippen molar-refractivity contribution in [1.29, 1.82) is 0 Å². The van der Waals surface area contributed by atoms with E-state index in [0.717, 1.165) is 18.9 Å². The Morgan fingerprint density at radius 3 is 2.75 bits per heavy atom. The first-order valence-electron chi connectivity index (χ1n) is 5.51. The average Bonchev–Trinajstić information content (AvgIpc) is 2.76. The fourth-order valence-electron chi connectivity index (χ4n) is 1.63. The summed E-state index contributed by atoms with van der Waals surface area (Å²) >= 11 is 0. The van der Waals surface area contributed by atoms with E-state index in [4.69, 9.17) is 0 Å². The van der Waals surface area contributed by atoms with Gasteiger partial charge in [0, 0.05) is 18.9 Å². The highest BCUT2D eigenvalue weighted by atomic mass is 15.0. The van der Waals surface area contributed by atoms with Crippen molar-refractivity contribution >= 4 is 0 Å². The first kappa shape index (κ1) is 10.9. The zero-order valence-corrected chi connectivity index (χ0v) is 9.75. The van der Waals surface area contributed by atoms with Gasteiger partial charge in [-0.25, -0.2) is 4.98 Å². The van der Waals surface area contributed by atoms with E-state index in [1.165, 1.54) is 16.7 Å². The molecule has 2 N–H and O–H groups in total. The zero-order chi connectivity index (χ0) is 11.4. The van der Waals surface area contributed by atoms with Crippen LogP contribution in [0.1, 0.15) is 22.5 Å². The number of imidazole rings is 1. The van der Waals surface area contributed by atoms with Gasteiger partial charge in [-0.2, -0.15) is 0 Å². The number of nitrogens with zero attached hydrogens (tertiary/aromatic N) is 1. The van der Waals surface area contributed by atoms with Crippen molar-refractivity contribution in [2.45, 2.75) is 26.9 Å². The predicted molar refractivity (Wildman–Crippen MR) is 65.0 cm³/mol. The van der Waals surface area contributed by atoms with Gasteiger partial charge in [0.1, 0.15) is 5.82 Å². The highest BCUT2D eigenvalue weighted by molar-refractivity contribution is 5.29. The van der Waals surface area contributed by atoms with Gasteiger partial charge >= 0.3 is 0 Å². The maximum atomic E-state index is 4.16. The first-order chi connectivity index (χ1) is 7.75. The molecule has 0 radical (unpaired) electrons. The van der Waals surface area contributed by atoms with Gasteiger partial charge in [0.25, 0.3) is 0 Å². The average molecular weight is 215 g/mol. The summed E-state index contributed by atoms with van der Waals surface area (Å²) in [5.74, 6) is 0.976. The Balaban J connectivity index is 1.87. The standard InChI is InChI=1S/C13H17N3/c1-10-3-4-12(7-11(10)2)8-14-9-13-15-5-6-16-13/h3-7,14H,8-9H2,1-2H3,(H,15,16). The van der Waals surface area contributed by atoms with E-state index >= 15 is 0 Å². The molecule has 0 aliphatic rings. The second-order valence-corrected chi connectivity index (χ2v) is 4.06. The maximum absolute atomic E-state index is 4.16. The smallest absolute Gasteiger partial charge is 0.120 e. The molecular formula is C13H17N3. The second kappa shape index (κ2) is 4.94. The molecule has 0 amide bonds. The minimum atomic E-state index is 0.778. The summed E-state index contributed by atoms with van der Waals surface area (Å²) < 4.78 is 0. The van der Waals surface area contributed by atoms with Crippen LogP contribution in [0.15, 0.2) is 30.6 Å². The van der Waals surface area contributed by atoms with Crippen molar-refractivity contribution in [3.63, 3.8) is 0 Å². The molecule has 0 bridgehead atoms. The Bertz CT molecular complexity index is 446. The predicted octanol–water partition coefficient (Wildman–Crippen LogP) is 2.32. The van der Waals surface area contributed by atoms with Gasteiger partial charge in [-0.05, 0) is 30.5 Å². The molecule has 16 heavy (non-hydrogen) atoms. The fraction of sp³-hybridized carbons (Fsp3) is 0.308. The minimum Gasteiger partial charge on any atom is -0.348 e. The lowest BCUT2D eigenvalue weighted by molar-refractivity contribution is 0.668. The normalized spacial score (nSPS) is 10.6. The monoisotopic (exact) mass is 215 g/mol. The summed E-state index contributed by atoms with van der Waals surface area (Å²) in [6.07, 6.45) is 3.61. The van der Waals surface area contributed by atoms with Crippen LogP contribution < -0.4 is 5.32 Å². The van der Waals surface area contributed by atoms with Crippen LogP contribution in [-0.4, -0.2) is 9.97 Å². The molecule has 0 spiro atoms. The van der Waals surface area contributed by atoms with E-state index in [-0.39, 0.29) is 0 Å². The molecule has 1 aromatic carbocycles. The summed E-state index contributed by atoms with van der Waals surface area (Å²) in [6, 6.07) is 6.56. The van der Waals surface area contributed by atoms with Crippen LogP contribution in [0, 0.1) is 13.8 Å². The highest BCUT2D eigenvalue weighted by Crippen LogP contribution is 2.09. The van der Waals surface area contributed by atoms with Crippen molar-refractivity contribution in [1.82, 2.24) is 15.3 Å². The second-order valence-electron chi connectivity index (χ2n) is 4.06. The zero-order valence-electron chi connectivity index (χ0n) is 9.75. The molecule has 3 heteroatoms. The Morgan fingerprint density at radius 1 is 1.19 bits per heavy atom. The number of nitrogens with one attached hydrogen (secondary N) is 2. The Kier molecular flexibility index (Phi) is 3.37. The molecule has 0 saturated heterocycles. The summed E-state index contributed by atoms with van der Waals surface area (Å²) in [6.45, 7) is 5.93. The van der Waals surface area contributed by atoms with Crippen molar-refractivity contribution < 1.29 is 0 Å². The third-order valence-electron chi connectivity index (χ3n) is 2.75. The van der Waals surface area contributed by atoms with Crippen LogP contribution in [0.2, 0.25) is 0 Å². The van der Waals surface area contributed by atoms with Gasteiger partial charge in [0.2, 0.25) is 0 Å². The maximum Gasteiger partial charge on any atom is 0.120 e. The molecule has 84 valence electrons. The Hall–Kier alpha value is -1.61. The summed E-state index contributed by atoms with van der Waals surface area (Å²) in [4.78, 5) is 7.23. The summed E-state index contributed by atoms with van der Waals surface area (Å²) in [5, 5.41) is 3.36. The minimum absolute atomic E-state index is 0.778. The number of aromatic amines is 1. The number of hydrogen-bond acceptors (Lipinski definition) is 2. The topological polar surface area (TPSA) is 40.7 Å². The SMILES string of the molecule is Cc1ccc(CNCc2ncc[nH]2)cc1C. The quantitative estimate of drug-likeness (QED) is 0.821. The van der Waals surface area contributed by atoms with Gasteiger partial charge in [0.05, 0.1) is 6.54 Å². The molecule has 3 nitrogen and oxygen atoms in total. The molecule has 2 rings (SSSR count). The van der Waals surface area contributed by atoms with E-state index in [2.05, 4.69) is 47.3 Å². The molecule has 1 heterocycles. The molecule has 2 aromatic rings. The lowest BCUT2D eigenvalue weighted by Crippen LogP contribution is -2.13. The number of rotatable bonds is 4. The highest BCUT2D eigenvalue weighted by Gasteiger charge is 1.97. The van der Waals surface area contributed by atoms with Crippen molar-refractivity contribution in [3.05, 3.63) is 53.1 Å². The molecule has 0 aliphatic heterocycles. The summed E-state index contributed by atoms with van der Waals surface area (Å²) in [5.41, 5.74) is 4.00. The molecule has 0 fully saturated rings. The van der Waals surface area contributed by atoms with Crippen LogP contribution in [0.5, 0.6) is 0 Å². The molecular weight excluding hydrogens is 198 g/mol. The van der Waals surface area contributed by atoms with E-state index in [1.807, 2.05) is 6.20 Å². The number of H-pyrrole nitrogens is 1. The molecule has 1 aromatic heterocycles. The Morgan fingerprint density at radius 2 is 2.06 bits per heavy atom. The number of aromatic nitrogens is 2. The van der Waals surface area contributed by atoms with Crippen molar-refractivity contribution in [3.8, 4) is 0 Å². The fourth-order valence-corrected chi connectivity index (χ4v) is 1.63. The van der Waals surface area contributed by atoms with E-state index in [9.17, 15) is 0 Å². The first-order valence-corrected chi connectivity index (χ1v) is 5.51. The van der Waals surface area contributed by atoms with Crippen molar-refractivity contribution in [2.75, 3.05) is 0 Å². The van der Waals surface area contributed by atoms with Gasteiger partial charge in [0.15, 0.2) is 0 Å². The Labute approximate surface area is 95.9 Å². The van der Waals surface area contributed by atoms with Crippen molar-refractivity contribution in [2.24, 2.45) is 0 Å². The lowest BCUT2D eigenvalue weighted by atomic mass is 10.1. The van der Waals surface area contributed by atoms with E-state index in [1.54, 1.807) is 6.20 Å². The van der Waals surface area contributed by atoms with Crippen LogP contribution in [0.3, 0.4) is 0 Å². The van der Waals surface area contributed by atoms with Crippen LogP contribution in [0.25, 0.3) is 0 Å². The largest absolute Gasteiger partial charge is 0.348 e. The van der Waals surface area contributed by atoms with Gasteiger partial charge in [-0.15, -0.1) is 0 Å². The number of hydrogen-bond donors (Lipinski definition) is 2. The third-order valence-corrected chi connectivity index (χ3v) is 2.75. The van der Waals surface area contributed by atoms with E-state index in [0.29, 0.717) is 0 Å². The number of aryl methyl sites for hydroxylation is 2. The molecule has 0 aliphatic carbocycles. The molecule has 0 saturated carbocycles. The van der Waals surface area contributed by atoms with Crippen LogP contribution >= 0.6 is 0 Å². The van der Waals surface area contributed by atoms with Crippen LogP contribution in [0.4, 0.5) is 0 Å². The third kappa shape index (κ3) is 2.70. The molecule has 0 unspecified atom stereocenters. The molecule has 0 atom stereocenters. The van der Waals surface area contributed by atoms with Gasteiger partial charge in [-0.3, -0.25) is 0 Å². The van der Waals surface area contributed by atoms with Gasteiger partial charge < -0.3 is 10.3 Å². The van der Waals surface area contributed by atoms with Crippen LogP contribution in [-0.2, 0) is 13.1 Å². The van der Waals surface area contributed by atoms with E-state index < -0.39 is 0 Å². The number of benzene rings is 1. The van der Waals surface area contributed by atoms with Gasteiger partial charge in [-0.1, -0.05) is 18.2 Å².